The Morgan fingerprint density at radius 1 is 1.35 bits per heavy atom. The number of nitrogens with two attached hydrogens (primary N) is 1. The van der Waals surface area contributed by atoms with Crippen molar-refractivity contribution in [3.05, 3.63) is 47.2 Å². The van der Waals surface area contributed by atoms with E-state index in [1.54, 1.807) is 0 Å². The van der Waals surface area contributed by atoms with Crippen LogP contribution in [-0.2, 0) is 11.2 Å². The molecule has 1 aliphatic rings. The lowest BCUT2D eigenvalue weighted by atomic mass is 9.96. The molecule has 1 aromatic rings. The lowest BCUT2D eigenvalue weighted by molar-refractivity contribution is 0.219. The van der Waals surface area contributed by atoms with E-state index in [1.165, 1.54) is 16.7 Å². The Bertz CT molecular complexity index is 384. The Morgan fingerprint density at radius 2 is 2.12 bits per heavy atom. The van der Waals surface area contributed by atoms with Gasteiger partial charge in [0.1, 0.15) is 0 Å². The summed E-state index contributed by atoms with van der Waals surface area (Å²) in [7, 11) is 0. The average Bonchev–Trinajstić information content (AvgIpc) is 2.39. The van der Waals surface area contributed by atoms with E-state index >= 15 is 0 Å². The van der Waals surface area contributed by atoms with E-state index < -0.39 is 0 Å². The number of nitrogens with one attached hydrogen (secondary N) is 1. The maximum Gasteiger partial charge on any atom is 0.0876 e. The molecule has 3 N–H and O–H groups in total. The number of ether oxygens (including phenoxy) is 1. The van der Waals surface area contributed by atoms with E-state index in [4.69, 9.17) is 10.6 Å². The highest BCUT2D eigenvalue weighted by Crippen LogP contribution is 2.18. The van der Waals surface area contributed by atoms with E-state index in [9.17, 15) is 0 Å². The summed E-state index contributed by atoms with van der Waals surface area (Å²) in [6, 6.07) is 8.76. The van der Waals surface area contributed by atoms with Crippen LogP contribution in [0, 0.1) is 6.92 Å². The number of hydrogen-bond acceptors (Lipinski definition) is 3. The molecule has 0 radical (unpaired) electrons. The maximum absolute atomic E-state index is 5.63. The van der Waals surface area contributed by atoms with Crippen LogP contribution in [0.3, 0.4) is 0 Å². The van der Waals surface area contributed by atoms with E-state index in [2.05, 4.69) is 36.6 Å². The van der Waals surface area contributed by atoms with Crippen molar-refractivity contribution >= 4 is 0 Å². The number of hydrazine groups is 1. The van der Waals surface area contributed by atoms with Crippen molar-refractivity contribution in [2.75, 3.05) is 6.61 Å². The van der Waals surface area contributed by atoms with Gasteiger partial charge in [0.05, 0.1) is 12.9 Å². The Morgan fingerprint density at radius 3 is 2.71 bits per heavy atom. The minimum Gasteiger partial charge on any atom is -0.501 e. The summed E-state index contributed by atoms with van der Waals surface area (Å²) < 4.78 is 5.36. The first-order valence-corrected chi connectivity index (χ1v) is 6.12. The molecule has 3 nitrogen and oxygen atoms in total. The van der Waals surface area contributed by atoms with E-state index in [0.29, 0.717) is 0 Å². The van der Waals surface area contributed by atoms with Crippen LogP contribution >= 0.6 is 0 Å². The molecule has 0 amide bonds. The van der Waals surface area contributed by atoms with Gasteiger partial charge in [-0.15, -0.1) is 0 Å². The molecule has 1 heterocycles. The van der Waals surface area contributed by atoms with Crippen LogP contribution in [0.2, 0.25) is 0 Å². The van der Waals surface area contributed by atoms with Crippen LogP contribution in [0.1, 0.15) is 24.0 Å². The second-order valence-electron chi connectivity index (χ2n) is 4.58. The van der Waals surface area contributed by atoms with E-state index in [0.717, 1.165) is 25.9 Å². The van der Waals surface area contributed by atoms with Crippen molar-refractivity contribution < 1.29 is 4.74 Å². The third-order valence-corrected chi connectivity index (χ3v) is 3.17. The minimum atomic E-state index is 0.179. The summed E-state index contributed by atoms with van der Waals surface area (Å²) in [6.45, 7) is 2.92. The molecule has 0 bridgehead atoms. The fourth-order valence-electron chi connectivity index (χ4n) is 2.10. The van der Waals surface area contributed by atoms with Crippen LogP contribution < -0.4 is 11.3 Å². The second kappa shape index (κ2) is 5.84. The lowest BCUT2D eigenvalue weighted by Gasteiger charge is -2.22. The summed E-state index contributed by atoms with van der Waals surface area (Å²) >= 11 is 0. The van der Waals surface area contributed by atoms with E-state index in [1.807, 2.05) is 6.26 Å². The highest BCUT2D eigenvalue weighted by Gasteiger charge is 2.16. The third kappa shape index (κ3) is 3.32. The van der Waals surface area contributed by atoms with Gasteiger partial charge in [-0.05, 0) is 37.3 Å². The monoisotopic (exact) mass is 232 g/mol. The van der Waals surface area contributed by atoms with Gasteiger partial charge >= 0.3 is 0 Å². The molecule has 3 heteroatoms. The third-order valence-electron chi connectivity index (χ3n) is 3.17. The number of aryl methyl sites for hydroxylation is 1. The van der Waals surface area contributed by atoms with Gasteiger partial charge in [-0.3, -0.25) is 11.3 Å². The molecule has 0 spiro atoms. The maximum atomic E-state index is 5.63. The Hall–Kier alpha value is -1.32. The first kappa shape index (κ1) is 12.1. The van der Waals surface area contributed by atoms with Gasteiger partial charge in [0.25, 0.3) is 0 Å². The normalized spacial score (nSPS) is 17.2. The standard InChI is InChI=1S/C14H20N2O/c1-11-4-6-12(7-5-11)9-14(16-15)13-3-2-8-17-10-13/h4-7,10,14,16H,2-3,8-9,15H2,1H3. The van der Waals surface area contributed by atoms with Crippen LogP contribution in [0.5, 0.6) is 0 Å². The molecule has 17 heavy (non-hydrogen) atoms. The van der Waals surface area contributed by atoms with Gasteiger partial charge in [0.15, 0.2) is 0 Å². The zero-order valence-corrected chi connectivity index (χ0v) is 10.3. The Kier molecular flexibility index (Phi) is 4.18. The quantitative estimate of drug-likeness (QED) is 0.617. The summed E-state index contributed by atoms with van der Waals surface area (Å²) in [4.78, 5) is 0. The summed E-state index contributed by atoms with van der Waals surface area (Å²) in [5, 5.41) is 0. The molecule has 1 unspecified atom stereocenters. The van der Waals surface area contributed by atoms with Crippen molar-refractivity contribution in [3.8, 4) is 0 Å². The minimum absolute atomic E-state index is 0.179. The highest BCUT2D eigenvalue weighted by atomic mass is 16.5. The summed E-state index contributed by atoms with van der Waals surface area (Å²) in [5.74, 6) is 5.63. The molecule has 2 rings (SSSR count). The van der Waals surface area contributed by atoms with Gasteiger partial charge in [-0.25, -0.2) is 0 Å². The highest BCUT2D eigenvalue weighted by molar-refractivity contribution is 5.24. The predicted octanol–water partition coefficient (Wildman–Crippen LogP) is 2.06. The number of rotatable bonds is 4. The molecule has 1 aliphatic heterocycles. The number of benzene rings is 1. The van der Waals surface area contributed by atoms with Gasteiger partial charge in [-0.1, -0.05) is 29.8 Å². The van der Waals surface area contributed by atoms with Gasteiger partial charge in [0, 0.05) is 6.04 Å². The smallest absolute Gasteiger partial charge is 0.0876 e. The fourth-order valence-corrected chi connectivity index (χ4v) is 2.10. The second-order valence-corrected chi connectivity index (χ2v) is 4.58. The fraction of sp³-hybridized carbons (Fsp3) is 0.429. The van der Waals surface area contributed by atoms with Crippen LogP contribution in [0.15, 0.2) is 36.1 Å². The molecular weight excluding hydrogens is 212 g/mol. The molecule has 0 saturated carbocycles. The largest absolute Gasteiger partial charge is 0.501 e. The zero-order valence-electron chi connectivity index (χ0n) is 10.3. The molecule has 0 aromatic heterocycles. The molecule has 92 valence electrons. The van der Waals surface area contributed by atoms with Crippen molar-refractivity contribution in [1.82, 2.24) is 5.43 Å². The molecule has 0 aliphatic carbocycles. The summed E-state index contributed by atoms with van der Waals surface area (Å²) in [5.41, 5.74) is 6.73. The summed E-state index contributed by atoms with van der Waals surface area (Å²) in [6.07, 6.45) is 4.92. The first-order valence-electron chi connectivity index (χ1n) is 6.12. The van der Waals surface area contributed by atoms with Crippen LogP contribution in [0.25, 0.3) is 0 Å². The molecule has 0 saturated heterocycles. The van der Waals surface area contributed by atoms with Gasteiger partial charge < -0.3 is 4.74 Å². The van der Waals surface area contributed by atoms with Crippen LogP contribution in [0.4, 0.5) is 0 Å². The topological polar surface area (TPSA) is 47.3 Å². The predicted molar refractivity (Wildman–Crippen MR) is 69.3 cm³/mol. The van der Waals surface area contributed by atoms with Crippen molar-refractivity contribution in [1.29, 1.82) is 0 Å². The lowest BCUT2D eigenvalue weighted by Crippen LogP contribution is -2.39. The first-order chi connectivity index (χ1) is 8.29. The van der Waals surface area contributed by atoms with Crippen molar-refractivity contribution in [2.45, 2.75) is 32.2 Å². The van der Waals surface area contributed by atoms with Gasteiger partial charge in [0.2, 0.25) is 0 Å². The van der Waals surface area contributed by atoms with Crippen molar-refractivity contribution in [3.63, 3.8) is 0 Å². The zero-order chi connectivity index (χ0) is 12.1. The molecular formula is C14H20N2O. The molecule has 1 aromatic carbocycles. The van der Waals surface area contributed by atoms with Gasteiger partial charge in [-0.2, -0.15) is 0 Å². The van der Waals surface area contributed by atoms with Crippen molar-refractivity contribution in [2.24, 2.45) is 5.84 Å². The van der Waals surface area contributed by atoms with Crippen LogP contribution in [-0.4, -0.2) is 12.6 Å². The molecule has 0 fully saturated rings. The average molecular weight is 232 g/mol. The Labute approximate surface area is 103 Å². The molecule has 1 atom stereocenters. The van der Waals surface area contributed by atoms with E-state index in [-0.39, 0.29) is 6.04 Å². The SMILES string of the molecule is Cc1ccc(CC(NN)C2=COCCC2)cc1. The number of hydrogen-bond donors (Lipinski definition) is 2. The Balaban J connectivity index is 2.04.